The quantitative estimate of drug-likeness (QED) is 0.739. The van der Waals surface area contributed by atoms with Crippen LogP contribution in [0.15, 0.2) is 46.5 Å². The van der Waals surface area contributed by atoms with Crippen LogP contribution in [0.5, 0.6) is 0 Å². The summed E-state index contributed by atoms with van der Waals surface area (Å²) in [4.78, 5) is 4.47. The first kappa shape index (κ1) is 14.1. The highest BCUT2D eigenvalue weighted by atomic mass is 79.9. The van der Waals surface area contributed by atoms with Crippen LogP contribution in [0.1, 0.15) is 20.8 Å². The van der Waals surface area contributed by atoms with Gasteiger partial charge in [0.2, 0.25) is 0 Å². The monoisotopic (exact) mass is 318 g/mol. The molecule has 1 aromatic heterocycles. The molecule has 1 heterocycles. The zero-order valence-electron chi connectivity index (χ0n) is 11.9. The minimum absolute atomic E-state index is 0.000952. The third-order valence-electron chi connectivity index (χ3n) is 3.27. The smallest absolute Gasteiger partial charge is 0.140 e. The molecule has 0 saturated carbocycles. The Bertz CT molecular complexity index is 703. The van der Waals surface area contributed by atoms with Gasteiger partial charge >= 0.3 is 0 Å². The van der Waals surface area contributed by atoms with Crippen LogP contribution in [0.25, 0.3) is 16.5 Å². The van der Waals surface area contributed by atoms with Gasteiger partial charge in [-0.3, -0.25) is 4.99 Å². The minimum Gasteiger partial charge on any atom is -0.305 e. The van der Waals surface area contributed by atoms with Gasteiger partial charge in [-0.05, 0) is 17.5 Å². The third-order valence-corrected chi connectivity index (χ3v) is 3.93. The van der Waals surface area contributed by atoms with Crippen molar-refractivity contribution in [2.45, 2.75) is 20.8 Å². The van der Waals surface area contributed by atoms with Gasteiger partial charge in [0.05, 0.1) is 0 Å². The highest BCUT2D eigenvalue weighted by molar-refractivity contribution is 9.10. The summed E-state index contributed by atoms with van der Waals surface area (Å²) in [6, 6.07) is 8.28. The Hall–Kier alpha value is -1.35. The van der Waals surface area contributed by atoms with Crippen LogP contribution in [0.4, 0.5) is 0 Å². The number of nitrogens with zero attached hydrogens (tertiary/aromatic N) is 2. The van der Waals surface area contributed by atoms with Crippen molar-refractivity contribution < 1.29 is 0 Å². The summed E-state index contributed by atoms with van der Waals surface area (Å²) in [6.45, 7) is 10.7. The lowest BCUT2D eigenvalue weighted by molar-refractivity contribution is 0.536. The second kappa shape index (κ2) is 4.97. The average molecular weight is 319 g/mol. The fourth-order valence-corrected chi connectivity index (χ4v) is 2.62. The summed E-state index contributed by atoms with van der Waals surface area (Å²) in [5, 5.41) is 2.30. The summed E-state index contributed by atoms with van der Waals surface area (Å²) in [7, 11) is 1.82. The summed E-state index contributed by atoms with van der Waals surface area (Å²) in [5.41, 5.74) is 1.97. The van der Waals surface area contributed by atoms with Crippen molar-refractivity contribution >= 4 is 32.4 Å². The molecular weight excluding hydrogens is 300 g/mol. The van der Waals surface area contributed by atoms with Crippen molar-refractivity contribution in [2.24, 2.45) is 10.4 Å². The van der Waals surface area contributed by atoms with E-state index < -0.39 is 0 Å². The van der Waals surface area contributed by atoms with E-state index in [1.54, 1.807) is 0 Å². The first-order chi connectivity index (χ1) is 8.86. The summed E-state index contributed by atoms with van der Waals surface area (Å²) >= 11 is 3.62. The maximum absolute atomic E-state index is 4.47. The molecule has 0 fully saturated rings. The van der Waals surface area contributed by atoms with Gasteiger partial charge in [-0.25, -0.2) is 0 Å². The van der Waals surface area contributed by atoms with Crippen LogP contribution in [-0.4, -0.2) is 11.6 Å². The van der Waals surface area contributed by atoms with Crippen LogP contribution in [-0.2, 0) is 0 Å². The second-order valence-electron chi connectivity index (χ2n) is 5.63. The molecule has 2 rings (SSSR count). The third kappa shape index (κ3) is 2.52. The van der Waals surface area contributed by atoms with Crippen molar-refractivity contribution in [1.82, 2.24) is 4.57 Å². The van der Waals surface area contributed by atoms with Crippen LogP contribution < -0.4 is 5.49 Å². The van der Waals surface area contributed by atoms with Gasteiger partial charge in [0, 0.05) is 34.2 Å². The topological polar surface area (TPSA) is 17.3 Å². The van der Waals surface area contributed by atoms with Gasteiger partial charge < -0.3 is 4.57 Å². The Kier molecular flexibility index (Phi) is 3.68. The fourth-order valence-electron chi connectivity index (χ4n) is 2.06. The first-order valence-electron chi connectivity index (χ1n) is 6.28. The standard InChI is InChI=1S/C16H19BrN2/c1-11(16(2,3)4)19-10-9-12-7-6-8-13(17)14(12)15(19)18-5/h6-10H,1H2,2-5H3. The molecule has 3 heteroatoms. The number of hydrogen-bond acceptors (Lipinski definition) is 1. The number of benzene rings is 1. The van der Waals surface area contributed by atoms with E-state index in [0.717, 1.165) is 21.0 Å². The van der Waals surface area contributed by atoms with E-state index in [1.807, 2.05) is 25.4 Å². The average Bonchev–Trinajstić information content (AvgIpc) is 2.35. The van der Waals surface area contributed by atoms with E-state index in [0.29, 0.717) is 0 Å². The highest BCUT2D eigenvalue weighted by Crippen LogP contribution is 2.28. The normalized spacial score (nSPS) is 13.0. The highest BCUT2D eigenvalue weighted by Gasteiger charge is 2.17. The molecule has 2 nitrogen and oxygen atoms in total. The van der Waals surface area contributed by atoms with E-state index in [1.165, 1.54) is 5.39 Å². The molecule has 0 amide bonds. The number of fused-ring (bicyclic) bond motifs is 1. The van der Waals surface area contributed by atoms with E-state index >= 15 is 0 Å². The van der Waals surface area contributed by atoms with Gasteiger partial charge in [-0.2, -0.15) is 0 Å². The molecule has 100 valence electrons. The van der Waals surface area contributed by atoms with Crippen LogP contribution >= 0.6 is 15.9 Å². The van der Waals surface area contributed by atoms with Crippen molar-refractivity contribution in [3.8, 4) is 0 Å². The number of pyridine rings is 1. The number of aromatic nitrogens is 1. The maximum atomic E-state index is 4.47. The molecule has 19 heavy (non-hydrogen) atoms. The molecule has 0 aliphatic carbocycles. The first-order valence-corrected chi connectivity index (χ1v) is 7.08. The molecule has 1 aromatic carbocycles. The summed E-state index contributed by atoms with van der Waals surface area (Å²) < 4.78 is 3.13. The van der Waals surface area contributed by atoms with E-state index in [9.17, 15) is 0 Å². The lowest BCUT2D eigenvalue weighted by Gasteiger charge is -2.24. The zero-order valence-corrected chi connectivity index (χ0v) is 13.5. The van der Waals surface area contributed by atoms with Gasteiger partial charge in [0.1, 0.15) is 5.49 Å². The zero-order chi connectivity index (χ0) is 14.2. The molecular formula is C16H19BrN2. The van der Waals surface area contributed by atoms with E-state index in [2.05, 4.69) is 65.0 Å². The molecule has 0 aliphatic heterocycles. The lowest BCUT2D eigenvalue weighted by Crippen LogP contribution is -2.26. The summed E-state index contributed by atoms with van der Waals surface area (Å²) in [5.74, 6) is 0. The fraction of sp³-hybridized carbons (Fsp3) is 0.312. The SMILES string of the molecule is C=C(n1ccc2cccc(Br)c2c1=NC)C(C)(C)C. The van der Waals surface area contributed by atoms with Gasteiger partial charge in [-0.1, -0.05) is 55.4 Å². The molecule has 0 radical (unpaired) electrons. The predicted octanol–water partition coefficient (Wildman–Crippen LogP) is 4.45. The summed E-state index contributed by atoms with van der Waals surface area (Å²) in [6.07, 6.45) is 2.05. The molecule has 0 spiro atoms. The molecule has 2 aromatic rings. The molecule has 0 N–H and O–H groups in total. The Morgan fingerprint density at radius 2 is 1.95 bits per heavy atom. The van der Waals surface area contributed by atoms with Gasteiger partial charge in [-0.15, -0.1) is 0 Å². The largest absolute Gasteiger partial charge is 0.305 e. The van der Waals surface area contributed by atoms with Crippen molar-refractivity contribution in [2.75, 3.05) is 7.05 Å². The Labute approximate surface area is 122 Å². The Morgan fingerprint density at radius 1 is 1.26 bits per heavy atom. The van der Waals surface area contributed by atoms with Crippen LogP contribution in [0.3, 0.4) is 0 Å². The maximum Gasteiger partial charge on any atom is 0.140 e. The van der Waals surface area contributed by atoms with Gasteiger partial charge in [0.25, 0.3) is 0 Å². The molecule has 0 saturated heterocycles. The van der Waals surface area contributed by atoms with Crippen molar-refractivity contribution in [3.05, 3.63) is 47.0 Å². The Morgan fingerprint density at radius 3 is 2.53 bits per heavy atom. The van der Waals surface area contributed by atoms with E-state index in [4.69, 9.17) is 0 Å². The van der Waals surface area contributed by atoms with Crippen molar-refractivity contribution in [3.63, 3.8) is 0 Å². The number of allylic oxidation sites excluding steroid dienone is 1. The van der Waals surface area contributed by atoms with Crippen molar-refractivity contribution in [1.29, 1.82) is 0 Å². The number of halogens is 1. The predicted molar refractivity (Wildman–Crippen MR) is 85.9 cm³/mol. The number of rotatable bonds is 1. The van der Waals surface area contributed by atoms with Crippen LogP contribution in [0, 0.1) is 5.41 Å². The molecule has 0 atom stereocenters. The Balaban J connectivity index is 2.86. The van der Waals surface area contributed by atoms with Gasteiger partial charge in [0.15, 0.2) is 0 Å². The van der Waals surface area contributed by atoms with Crippen LogP contribution in [0.2, 0.25) is 0 Å². The molecule has 0 aliphatic rings. The second-order valence-corrected chi connectivity index (χ2v) is 6.49. The minimum atomic E-state index is -0.000952. The lowest BCUT2D eigenvalue weighted by atomic mass is 9.92. The molecule has 0 bridgehead atoms. The molecule has 0 unspecified atom stereocenters. The van der Waals surface area contributed by atoms with E-state index in [-0.39, 0.29) is 5.41 Å². The number of hydrogen-bond donors (Lipinski definition) is 0.